The third kappa shape index (κ3) is 0.679. The van der Waals surface area contributed by atoms with Crippen LogP contribution < -0.4 is 5.32 Å². The van der Waals surface area contributed by atoms with Crippen LogP contribution in [0.5, 0.6) is 0 Å². The highest BCUT2D eigenvalue weighted by atomic mass is 16.3. The first-order valence-electron chi connectivity index (χ1n) is 4.04. The van der Waals surface area contributed by atoms with E-state index in [2.05, 4.69) is 16.4 Å². The van der Waals surface area contributed by atoms with Gasteiger partial charge in [-0.3, -0.25) is 0 Å². The summed E-state index contributed by atoms with van der Waals surface area (Å²) in [5.74, 6) is 1.02. The van der Waals surface area contributed by atoms with Gasteiger partial charge in [0.25, 0.3) is 0 Å². The van der Waals surface area contributed by atoms with Gasteiger partial charge in [-0.2, -0.15) is 0 Å². The third-order valence-corrected chi connectivity index (χ3v) is 2.20. The highest BCUT2D eigenvalue weighted by molar-refractivity contribution is 5.77. The van der Waals surface area contributed by atoms with E-state index in [1.54, 1.807) is 6.26 Å². The molecule has 0 fully saturated rings. The molecule has 1 aliphatic heterocycles. The second-order valence-electron chi connectivity index (χ2n) is 2.98. The van der Waals surface area contributed by atoms with Gasteiger partial charge in [-0.25, -0.2) is 4.98 Å². The average Bonchev–Trinajstić information content (AvgIpc) is 2.64. The Labute approximate surface area is 69.4 Å². The fourth-order valence-electron chi connectivity index (χ4n) is 1.59. The van der Waals surface area contributed by atoms with Crippen LogP contribution in [-0.4, -0.2) is 11.5 Å². The first kappa shape index (κ1) is 6.06. The summed E-state index contributed by atoms with van der Waals surface area (Å²) in [7, 11) is 0. The van der Waals surface area contributed by atoms with Gasteiger partial charge in [0, 0.05) is 12.6 Å². The molecule has 0 radical (unpaired) electrons. The Balaban J connectivity index is 2.38. The number of furan rings is 1. The molecule has 0 bridgehead atoms. The molecule has 1 N–H and O–H groups in total. The van der Waals surface area contributed by atoms with Crippen molar-refractivity contribution in [3.63, 3.8) is 0 Å². The maximum absolute atomic E-state index is 5.25. The van der Waals surface area contributed by atoms with Gasteiger partial charge in [0.15, 0.2) is 5.58 Å². The van der Waals surface area contributed by atoms with Crippen LogP contribution in [0, 0.1) is 0 Å². The maximum atomic E-state index is 5.25. The van der Waals surface area contributed by atoms with E-state index in [9.17, 15) is 0 Å². The molecule has 1 aliphatic rings. The number of fused-ring (bicyclic) bond motifs is 2. The molecule has 3 rings (SSSR count). The van der Waals surface area contributed by atoms with Crippen molar-refractivity contribution < 1.29 is 4.42 Å². The van der Waals surface area contributed by atoms with Gasteiger partial charge in [-0.15, -0.1) is 0 Å². The zero-order valence-corrected chi connectivity index (χ0v) is 6.50. The molecule has 3 heterocycles. The fraction of sp³-hybridized carbons (Fsp3) is 0.222. The molecule has 0 aliphatic carbocycles. The van der Waals surface area contributed by atoms with E-state index in [-0.39, 0.29) is 0 Å². The number of nitrogens with zero attached hydrogens (tertiary/aromatic N) is 1. The topological polar surface area (TPSA) is 38.1 Å². The summed E-state index contributed by atoms with van der Waals surface area (Å²) < 4.78 is 5.25. The van der Waals surface area contributed by atoms with Crippen molar-refractivity contribution in [3.05, 3.63) is 24.0 Å². The third-order valence-electron chi connectivity index (χ3n) is 2.20. The van der Waals surface area contributed by atoms with Gasteiger partial charge in [-0.05, 0) is 18.1 Å². The number of nitrogens with one attached hydrogen (secondary N) is 1. The van der Waals surface area contributed by atoms with Crippen LogP contribution in [0.15, 0.2) is 22.8 Å². The molecular weight excluding hydrogens is 152 g/mol. The van der Waals surface area contributed by atoms with Crippen molar-refractivity contribution in [2.24, 2.45) is 0 Å². The lowest BCUT2D eigenvalue weighted by atomic mass is 10.2. The van der Waals surface area contributed by atoms with Gasteiger partial charge in [0.1, 0.15) is 11.3 Å². The lowest BCUT2D eigenvalue weighted by molar-refractivity contribution is 0.615. The molecule has 12 heavy (non-hydrogen) atoms. The van der Waals surface area contributed by atoms with E-state index < -0.39 is 0 Å². The van der Waals surface area contributed by atoms with Gasteiger partial charge >= 0.3 is 0 Å². The maximum Gasteiger partial charge on any atom is 0.152 e. The number of rotatable bonds is 0. The minimum absolute atomic E-state index is 0.887. The summed E-state index contributed by atoms with van der Waals surface area (Å²) in [6, 6.07) is 3.95. The predicted molar refractivity (Wildman–Crippen MR) is 46.2 cm³/mol. The first-order chi connectivity index (χ1) is 5.93. The summed E-state index contributed by atoms with van der Waals surface area (Å²) in [5, 5.41) is 3.23. The number of hydrogen-bond acceptors (Lipinski definition) is 3. The Hall–Kier alpha value is -1.51. The van der Waals surface area contributed by atoms with Gasteiger partial charge in [-0.1, -0.05) is 0 Å². The van der Waals surface area contributed by atoms with Crippen LogP contribution in [0.3, 0.4) is 0 Å². The number of hydrogen-bond donors (Lipinski definition) is 1. The molecule has 0 saturated carbocycles. The van der Waals surface area contributed by atoms with Crippen LogP contribution in [0.25, 0.3) is 11.1 Å². The fourth-order valence-corrected chi connectivity index (χ4v) is 1.59. The largest absolute Gasteiger partial charge is 0.463 e. The minimum Gasteiger partial charge on any atom is -0.463 e. The molecule has 0 spiro atoms. The van der Waals surface area contributed by atoms with Crippen LogP contribution >= 0.6 is 0 Å². The first-order valence-corrected chi connectivity index (χ1v) is 4.04. The van der Waals surface area contributed by atoms with E-state index in [0.717, 1.165) is 29.9 Å². The van der Waals surface area contributed by atoms with Crippen LogP contribution in [0.4, 0.5) is 5.82 Å². The second kappa shape index (κ2) is 2.00. The molecule has 0 saturated heterocycles. The summed E-state index contributed by atoms with van der Waals surface area (Å²) in [6.07, 6.45) is 2.73. The van der Waals surface area contributed by atoms with Gasteiger partial charge < -0.3 is 9.73 Å². The lowest BCUT2D eigenvalue weighted by Crippen LogP contribution is -1.92. The van der Waals surface area contributed by atoms with E-state index in [4.69, 9.17) is 4.42 Å². The molecule has 0 unspecified atom stereocenters. The predicted octanol–water partition coefficient (Wildman–Crippen LogP) is 1.80. The van der Waals surface area contributed by atoms with E-state index in [1.165, 1.54) is 5.56 Å². The smallest absolute Gasteiger partial charge is 0.152 e. The summed E-state index contributed by atoms with van der Waals surface area (Å²) in [4.78, 5) is 4.41. The Morgan fingerprint density at radius 1 is 1.50 bits per heavy atom. The molecular formula is C9H8N2O. The number of anilines is 1. The Morgan fingerprint density at radius 3 is 3.50 bits per heavy atom. The van der Waals surface area contributed by atoms with Crippen molar-refractivity contribution in [3.8, 4) is 0 Å². The molecule has 0 aromatic carbocycles. The molecule has 60 valence electrons. The van der Waals surface area contributed by atoms with Gasteiger partial charge in [0.05, 0.1) is 6.26 Å². The van der Waals surface area contributed by atoms with E-state index in [1.807, 2.05) is 6.07 Å². The zero-order chi connectivity index (χ0) is 7.97. The van der Waals surface area contributed by atoms with Gasteiger partial charge in [0.2, 0.25) is 0 Å². The monoisotopic (exact) mass is 160 g/mol. The zero-order valence-electron chi connectivity index (χ0n) is 6.50. The van der Waals surface area contributed by atoms with Crippen LogP contribution in [-0.2, 0) is 6.42 Å². The van der Waals surface area contributed by atoms with Crippen molar-refractivity contribution in [1.82, 2.24) is 4.98 Å². The summed E-state index contributed by atoms with van der Waals surface area (Å²) in [5.41, 5.74) is 3.08. The molecule has 2 aromatic rings. The number of aromatic nitrogens is 1. The number of pyridine rings is 1. The second-order valence-corrected chi connectivity index (χ2v) is 2.98. The van der Waals surface area contributed by atoms with E-state index in [0.29, 0.717) is 0 Å². The van der Waals surface area contributed by atoms with Crippen LogP contribution in [0.1, 0.15) is 5.56 Å². The molecule has 2 aromatic heterocycles. The average molecular weight is 160 g/mol. The Morgan fingerprint density at radius 2 is 2.50 bits per heavy atom. The Kier molecular flexibility index (Phi) is 1.01. The summed E-state index contributed by atoms with van der Waals surface area (Å²) in [6.45, 7) is 0.995. The normalized spacial score (nSPS) is 14.7. The minimum atomic E-state index is 0.887. The highest BCUT2D eigenvalue weighted by Gasteiger charge is 2.12. The van der Waals surface area contributed by atoms with Crippen molar-refractivity contribution in [2.45, 2.75) is 6.42 Å². The molecule has 0 atom stereocenters. The van der Waals surface area contributed by atoms with Crippen LogP contribution in [0.2, 0.25) is 0 Å². The van der Waals surface area contributed by atoms with E-state index >= 15 is 0 Å². The molecule has 3 heteroatoms. The van der Waals surface area contributed by atoms with Crippen molar-refractivity contribution >= 4 is 16.9 Å². The lowest BCUT2D eigenvalue weighted by Gasteiger charge is -1.96. The van der Waals surface area contributed by atoms with Crippen molar-refractivity contribution in [1.29, 1.82) is 0 Å². The standard InChI is InChI=1S/C9H8N2O/c1-3-10-9-6(1)5-8-7(11-9)2-4-12-8/h2,4-5H,1,3H2,(H,10,11). The summed E-state index contributed by atoms with van der Waals surface area (Å²) >= 11 is 0. The highest BCUT2D eigenvalue weighted by Crippen LogP contribution is 2.24. The van der Waals surface area contributed by atoms with Crippen molar-refractivity contribution in [2.75, 3.05) is 11.9 Å². The quantitative estimate of drug-likeness (QED) is 0.638. The molecule has 3 nitrogen and oxygen atoms in total. The Bertz CT molecular complexity index is 395. The SMILES string of the molecule is c1cc2nc3c(cc2o1)CCN3. The molecule has 0 amide bonds.